The van der Waals surface area contributed by atoms with Crippen molar-refractivity contribution < 1.29 is 0 Å². The largest absolute Gasteiger partial charge is 0.297 e. The van der Waals surface area contributed by atoms with E-state index in [1.807, 2.05) is 36.4 Å². The molecule has 3 rings (SSSR count). The molecule has 1 aliphatic rings. The summed E-state index contributed by atoms with van der Waals surface area (Å²) in [6.45, 7) is 1.74. The maximum absolute atomic E-state index is 4.56. The lowest BCUT2D eigenvalue weighted by molar-refractivity contribution is 0.546. The molecule has 0 bridgehead atoms. The van der Waals surface area contributed by atoms with E-state index in [-0.39, 0.29) is 0 Å². The molecule has 0 aromatic heterocycles. The van der Waals surface area contributed by atoms with Crippen LogP contribution in [0.2, 0.25) is 0 Å². The number of para-hydroxylation sites is 1. The van der Waals surface area contributed by atoms with E-state index < -0.39 is 0 Å². The van der Waals surface area contributed by atoms with Gasteiger partial charge in [-0.2, -0.15) is 0 Å². The van der Waals surface area contributed by atoms with E-state index in [4.69, 9.17) is 0 Å². The quantitative estimate of drug-likeness (QED) is 0.889. The number of nitrogens with zero attached hydrogens (tertiary/aromatic N) is 2. The number of nitrogens with one attached hydrogen (secondary N) is 1. The van der Waals surface area contributed by atoms with Gasteiger partial charge in [-0.1, -0.05) is 48.5 Å². The van der Waals surface area contributed by atoms with Gasteiger partial charge in [-0.05, 0) is 12.1 Å². The Morgan fingerprint density at radius 2 is 1.56 bits per heavy atom. The minimum absolute atomic E-state index is 0.837. The average molecular weight is 237 g/mol. The van der Waals surface area contributed by atoms with Crippen molar-refractivity contribution in [1.82, 2.24) is 5.01 Å². The molecule has 0 aliphatic carbocycles. The van der Waals surface area contributed by atoms with Crippen LogP contribution in [0.15, 0.2) is 65.7 Å². The number of benzene rings is 2. The summed E-state index contributed by atoms with van der Waals surface area (Å²) in [5, 5.41) is 2.10. The van der Waals surface area contributed by atoms with Crippen LogP contribution in [0.3, 0.4) is 0 Å². The molecule has 3 heteroatoms. The van der Waals surface area contributed by atoms with E-state index in [0.717, 1.165) is 30.2 Å². The van der Waals surface area contributed by atoms with Crippen LogP contribution >= 0.6 is 0 Å². The third kappa shape index (κ3) is 2.20. The Bertz CT molecular complexity index is 534. The van der Waals surface area contributed by atoms with Crippen molar-refractivity contribution in [1.29, 1.82) is 0 Å². The van der Waals surface area contributed by atoms with Crippen molar-refractivity contribution in [2.75, 3.05) is 18.5 Å². The number of amidine groups is 1. The summed E-state index contributed by atoms with van der Waals surface area (Å²) in [5.74, 6) is 1.01. The lowest BCUT2D eigenvalue weighted by Gasteiger charge is -2.22. The monoisotopic (exact) mass is 237 g/mol. The van der Waals surface area contributed by atoms with Crippen LogP contribution in [0.4, 0.5) is 5.69 Å². The Balaban J connectivity index is 1.80. The predicted octanol–water partition coefficient (Wildman–Crippen LogP) is 2.78. The van der Waals surface area contributed by atoms with E-state index in [0.29, 0.717) is 0 Å². The molecule has 90 valence electrons. The molecule has 0 saturated heterocycles. The van der Waals surface area contributed by atoms with Crippen molar-refractivity contribution in [3.05, 3.63) is 66.2 Å². The Labute approximate surface area is 107 Å². The molecule has 1 N–H and O–H groups in total. The van der Waals surface area contributed by atoms with Crippen molar-refractivity contribution in [3.8, 4) is 0 Å². The highest BCUT2D eigenvalue weighted by atomic mass is 15.5. The van der Waals surface area contributed by atoms with Gasteiger partial charge in [-0.3, -0.25) is 15.4 Å². The lowest BCUT2D eigenvalue weighted by atomic mass is 10.2. The maximum Gasteiger partial charge on any atom is 0.149 e. The first-order valence-corrected chi connectivity index (χ1v) is 6.12. The topological polar surface area (TPSA) is 27.6 Å². The van der Waals surface area contributed by atoms with Crippen molar-refractivity contribution >= 4 is 11.5 Å². The Kier molecular flexibility index (Phi) is 2.96. The fourth-order valence-corrected chi connectivity index (χ4v) is 2.06. The van der Waals surface area contributed by atoms with Crippen molar-refractivity contribution in [2.24, 2.45) is 4.99 Å². The van der Waals surface area contributed by atoms with Crippen molar-refractivity contribution in [2.45, 2.75) is 0 Å². The number of anilines is 1. The SMILES string of the molecule is c1ccc(NN2CCN=C2c2ccccc2)cc1. The van der Waals surface area contributed by atoms with Gasteiger partial charge >= 0.3 is 0 Å². The third-order valence-electron chi connectivity index (χ3n) is 2.91. The zero-order valence-electron chi connectivity index (χ0n) is 10.1. The Hall–Kier alpha value is -2.29. The molecule has 3 nitrogen and oxygen atoms in total. The first kappa shape index (κ1) is 10.8. The summed E-state index contributed by atoms with van der Waals surface area (Å²) in [4.78, 5) is 4.56. The summed E-state index contributed by atoms with van der Waals surface area (Å²) in [6, 6.07) is 20.5. The highest BCUT2D eigenvalue weighted by Crippen LogP contribution is 2.14. The first-order chi connectivity index (χ1) is 8.93. The molecule has 2 aromatic rings. The molecule has 0 radical (unpaired) electrons. The van der Waals surface area contributed by atoms with Gasteiger partial charge in [0.15, 0.2) is 0 Å². The van der Waals surface area contributed by atoms with Gasteiger partial charge in [0.05, 0.1) is 18.8 Å². The van der Waals surface area contributed by atoms with E-state index in [1.54, 1.807) is 0 Å². The van der Waals surface area contributed by atoms with Crippen LogP contribution in [-0.2, 0) is 0 Å². The average Bonchev–Trinajstić information content (AvgIpc) is 2.89. The smallest absolute Gasteiger partial charge is 0.149 e. The molecule has 18 heavy (non-hydrogen) atoms. The standard InChI is InChI=1S/C15H15N3/c1-3-7-13(8-4-1)15-16-11-12-18(15)17-14-9-5-2-6-10-14/h1-10,17H,11-12H2. The van der Waals surface area contributed by atoms with Gasteiger partial charge in [0.25, 0.3) is 0 Å². The summed E-state index contributed by atoms with van der Waals surface area (Å²) in [6.07, 6.45) is 0. The molecular weight excluding hydrogens is 222 g/mol. The first-order valence-electron chi connectivity index (χ1n) is 6.12. The van der Waals surface area contributed by atoms with Gasteiger partial charge < -0.3 is 0 Å². The fourth-order valence-electron chi connectivity index (χ4n) is 2.06. The molecule has 0 saturated carbocycles. The highest BCUT2D eigenvalue weighted by Gasteiger charge is 2.18. The summed E-state index contributed by atoms with van der Waals surface area (Å²) in [5.41, 5.74) is 5.63. The van der Waals surface area contributed by atoms with Gasteiger partial charge in [-0.25, -0.2) is 0 Å². The number of hydrogen-bond acceptors (Lipinski definition) is 3. The normalized spacial score (nSPS) is 14.4. The zero-order valence-corrected chi connectivity index (χ0v) is 10.1. The van der Waals surface area contributed by atoms with E-state index in [2.05, 4.69) is 39.7 Å². The number of hydrazine groups is 1. The lowest BCUT2D eigenvalue weighted by Crippen LogP contribution is -2.33. The van der Waals surface area contributed by atoms with E-state index in [1.165, 1.54) is 0 Å². The second-order valence-electron chi connectivity index (χ2n) is 4.20. The Morgan fingerprint density at radius 3 is 2.28 bits per heavy atom. The number of aliphatic imine (C=N–C) groups is 1. The van der Waals surface area contributed by atoms with Crippen LogP contribution in [-0.4, -0.2) is 23.9 Å². The molecule has 0 spiro atoms. The molecular formula is C15H15N3. The minimum Gasteiger partial charge on any atom is -0.297 e. The molecule has 0 atom stereocenters. The number of rotatable bonds is 3. The van der Waals surface area contributed by atoms with Crippen LogP contribution in [0.25, 0.3) is 0 Å². The van der Waals surface area contributed by atoms with E-state index in [9.17, 15) is 0 Å². The summed E-state index contributed by atoms with van der Waals surface area (Å²) >= 11 is 0. The Morgan fingerprint density at radius 1 is 0.889 bits per heavy atom. The molecule has 0 unspecified atom stereocenters. The van der Waals surface area contributed by atoms with Crippen LogP contribution in [0.1, 0.15) is 5.56 Å². The second-order valence-corrected chi connectivity index (χ2v) is 4.20. The molecule has 1 aliphatic heterocycles. The predicted molar refractivity (Wildman–Crippen MR) is 74.6 cm³/mol. The van der Waals surface area contributed by atoms with Gasteiger partial charge in [0.1, 0.15) is 5.84 Å². The van der Waals surface area contributed by atoms with Crippen LogP contribution in [0.5, 0.6) is 0 Å². The molecule has 0 amide bonds. The second kappa shape index (κ2) is 4.92. The van der Waals surface area contributed by atoms with Crippen LogP contribution < -0.4 is 5.43 Å². The molecule has 1 heterocycles. The highest BCUT2D eigenvalue weighted by molar-refractivity contribution is 6.00. The van der Waals surface area contributed by atoms with Gasteiger partial charge in [0.2, 0.25) is 0 Å². The van der Waals surface area contributed by atoms with Gasteiger partial charge in [0, 0.05) is 5.56 Å². The third-order valence-corrected chi connectivity index (χ3v) is 2.91. The summed E-state index contributed by atoms with van der Waals surface area (Å²) in [7, 11) is 0. The molecule has 2 aromatic carbocycles. The minimum atomic E-state index is 0.837. The molecule has 0 fully saturated rings. The van der Waals surface area contributed by atoms with Gasteiger partial charge in [-0.15, -0.1) is 0 Å². The zero-order chi connectivity index (χ0) is 12.2. The fraction of sp³-hybridized carbons (Fsp3) is 0.133. The van der Waals surface area contributed by atoms with E-state index >= 15 is 0 Å². The summed E-state index contributed by atoms with van der Waals surface area (Å²) < 4.78 is 0. The van der Waals surface area contributed by atoms with Crippen molar-refractivity contribution in [3.63, 3.8) is 0 Å². The van der Waals surface area contributed by atoms with Crippen LogP contribution in [0, 0.1) is 0 Å². The number of hydrogen-bond donors (Lipinski definition) is 1. The maximum atomic E-state index is 4.56.